The first-order chi connectivity index (χ1) is 15.9. The smallest absolute Gasteiger partial charge is 0.339 e. The number of nitrogens with zero attached hydrogens (tertiary/aromatic N) is 1. The van der Waals surface area contributed by atoms with Gasteiger partial charge in [0.15, 0.2) is 11.6 Å². The number of aromatic amines is 1. The van der Waals surface area contributed by atoms with Gasteiger partial charge in [-0.3, -0.25) is 9.59 Å². The van der Waals surface area contributed by atoms with E-state index in [-0.39, 0.29) is 23.4 Å². The van der Waals surface area contributed by atoms with E-state index in [0.717, 1.165) is 18.4 Å². The number of anilines is 1. The van der Waals surface area contributed by atoms with E-state index in [0.29, 0.717) is 46.3 Å². The number of hydrogen-bond acceptors (Lipinski definition) is 5. The van der Waals surface area contributed by atoms with Crippen LogP contribution in [0.3, 0.4) is 0 Å². The van der Waals surface area contributed by atoms with E-state index in [4.69, 9.17) is 4.74 Å². The van der Waals surface area contributed by atoms with Gasteiger partial charge in [-0.2, -0.15) is 0 Å². The van der Waals surface area contributed by atoms with E-state index < -0.39 is 11.9 Å². The average Bonchev–Trinajstić information content (AvgIpc) is 3.14. The lowest BCUT2D eigenvalue weighted by atomic mass is 9.75. The summed E-state index contributed by atoms with van der Waals surface area (Å²) in [5.74, 6) is 0.591. The second-order valence-corrected chi connectivity index (χ2v) is 9.64. The summed E-state index contributed by atoms with van der Waals surface area (Å²) >= 11 is 0. The van der Waals surface area contributed by atoms with Crippen LogP contribution in [-0.2, 0) is 14.4 Å². The first-order valence-electron chi connectivity index (χ1n) is 11.6. The third-order valence-electron chi connectivity index (χ3n) is 6.47. The van der Waals surface area contributed by atoms with Crippen LogP contribution >= 0.6 is 0 Å². The maximum absolute atomic E-state index is 11.9. The molecule has 34 heavy (non-hydrogen) atoms. The minimum absolute atomic E-state index is 0.00509. The number of H-pyrrole nitrogens is 1. The van der Waals surface area contributed by atoms with Gasteiger partial charge in [0.1, 0.15) is 17.5 Å². The monoisotopic (exact) mass is 470 g/mol. The fourth-order valence-corrected chi connectivity index (χ4v) is 5.08. The molecular weight excluding hydrogens is 436 g/mol. The highest BCUT2D eigenvalue weighted by Gasteiger charge is 2.34. The Morgan fingerprint density at radius 3 is 2.18 bits per heavy atom. The summed E-state index contributed by atoms with van der Waals surface area (Å²) in [6.45, 7) is 12.9. The third kappa shape index (κ3) is 5.24. The fourth-order valence-electron chi connectivity index (χ4n) is 5.08. The van der Waals surface area contributed by atoms with Crippen molar-refractivity contribution < 1.29 is 24.2 Å². The predicted molar refractivity (Wildman–Crippen MR) is 131 cm³/mol. The number of rotatable bonds is 5. The maximum Gasteiger partial charge on any atom is 0.339 e. The molecule has 9 nitrogen and oxygen atoms in total. The van der Waals surface area contributed by atoms with Crippen molar-refractivity contribution >= 4 is 35.5 Å². The summed E-state index contributed by atoms with van der Waals surface area (Å²) in [5.41, 5.74) is 2.19. The summed E-state index contributed by atoms with van der Waals surface area (Å²) in [4.78, 5) is 42.7. The van der Waals surface area contributed by atoms with Gasteiger partial charge in [0.25, 0.3) is 0 Å². The summed E-state index contributed by atoms with van der Waals surface area (Å²) in [7, 11) is 0. The molecule has 0 spiro atoms. The number of carbonyl (C=O) groups is 3. The van der Waals surface area contributed by atoms with E-state index in [1.54, 1.807) is 13.0 Å². The molecule has 1 aromatic heterocycles. The molecule has 0 saturated heterocycles. The molecule has 1 aliphatic heterocycles. The fraction of sp³-hybridized carbons (Fsp3) is 0.520. The van der Waals surface area contributed by atoms with Gasteiger partial charge in [-0.05, 0) is 56.1 Å². The van der Waals surface area contributed by atoms with Gasteiger partial charge in [-0.25, -0.2) is 9.79 Å². The van der Waals surface area contributed by atoms with Gasteiger partial charge < -0.3 is 25.5 Å². The maximum atomic E-state index is 11.9. The number of ether oxygens (including phenoxy) is 1. The van der Waals surface area contributed by atoms with Crippen molar-refractivity contribution in [3.05, 3.63) is 28.1 Å². The Kier molecular flexibility index (Phi) is 7.33. The molecule has 0 aromatic carbocycles. The quantitative estimate of drug-likeness (QED) is 0.516. The topological polar surface area (TPSA) is 133 Å². The number of carboxylic acid groups (broad SMARTS) is 1. The van der Waals surface area contributed by atoms with Crippen molar-refractivity contribution in [2.24, 2.45) is 22.7 Å². The number of carboxylic acids is 1. The van der Waals surface area contributed by atoms with Crippen LogP contribution in [0.5, 0.6) is 5.75 Å². The van der Waals surface area contributed by atoms with Crippen LogP contribution in [0.1, 0.15) is 65.6 Å². The Morgan fingerprint density at radius 2 is 1.65 bits per heavy atom. The molecular formula is C25H34N4O5. The van der Waals surface area contributed by atoms with E-state index >= 15 is 0 Å². The second-order valence-electron chi connectivity index (χ2n) is 9.64. The van der Waals surface area contributed by atoms with E-state index in [1.165, 1.54) is 13.8 Å². The standard InChI is InChI=1S/C25H34N4O5/c1-11-8-12(2)21(13(3)9-11)34-22-15(5)19(29-24(22)27-17(7)31)10-18-14(4)20(25(32)33)23(28-18)26-16(6)30/h10-13,21,29H,8-9H2,1-7H3,(H,27,31)(H,32,33)(H,26,28,30)/b18-10-. The van der Waals surface area contributed by atoms with Gasteiger partial charge >= 0.3 is 5.97 Å². The molecule has 2 aliphatic rings. The number of allylic oxidation sites excluding steroid dienone is 1. The zero-order chi connectivity index (χ0) is 25.3. The highest BCUT2D eigenvalue weighted by molar-refractivity contribution is 6.24. The SMILES string of the molecule is CC(=O)NC1=N/C(=C\c2[nH]c(NC(C)=O)c(OC3C(C)CC(C)CC3C)c2C)C(C)=C1C(=O)O. The molecule has 1 aromatic rings. The van der Waals surface area contributed by atoms with Crippen LogP contribution in [0.2, 0.25) is 0 Å². The Labute approximate surface area is 199 Å². The molecule has 1 fully saturated rings. The summed E-state index contributed by atoms with van der Waals surface area (Å²) in [6, 6.07) is 0. The molecule has 1 aliphatic carbocycles. The highest BCUT2D eigenvalue weighted by atomic mass is 16.5. The number of aromatic nitrogens is 1. The number of aliphatic carboxylic acids is 1. The van der Waals surface area contributed by atoms with Crippen molar-refractivity contribution in [1.82, 2.24) is 10.3 Å². The second kappa shape index (κ2) is 9.87. The Balaban J connectivity index is 2.03. The first-order valence-corrected chi connectivity index (χ1v) is 11.6. The van der Waals surface area contributed by atoms with Crippen LogP contribution in [0, 0.1) is 24.7 Å². The molecule has 9 heteroatoms. The van der Waals surface area contributed by atoms with Crippen LogP contribution in [-0.4, -0.2) is 39.8 Å². The number of nitrogens with one attached hydrogen (secondary N) is 3. The Morgan fingerprint density at radius 1 is 1.06 bits per heavy atom. The zero-order valence-electron chi connectivity index (χ0n) is 20.8. The molecule has 4 N–H and O–H groups in total. The largest absolute Gasteiger partial charge is 0.486 e. The minimum Gasteiger partial charge on any atom is -0.486 e. The van der Waals surface area contributed by atoms with Crippen molar-refractivity contribution in [3.8, 4) is 5.75 Å². The lowest BCUT2D eigenvalue weighted by Crippen LogP contribution is -2.38. The van der Waals surface area contributed by atoms with E-state index in [9.17, 15) is 19.5 Å². The highest BCUT2D eigenvalue weighted by Crippen LogP contribution is 2.40. The summed E-state index contributed by atoms with van der Waals surface area (Å²) < 4.78 is 6.52. The molecule has 2 unspecified atom stereocenters. The molecule has 0 bridgehead atoms. The number of carbonyl (C=O) groups excluding carboxylic acids is 2. The van der Waals surface area contributed by atoms with Crippen LogP contribution in [0.15, 0.2) is 21.8 Å². The van der Waals surface area contributed by atoms with Crippen molar-refractivity contribution in [2.45, 2.75) is 67.4 Å². The van der Waals surface area contributed by atoms with Crippen molar-refractivity contribution in [3.63, 3.8) is 0 Å². The summed E-state index contributed by atoms with van der Waals surface area (Å²) in [6.07, 6.45) is 3.87. The zero-order valence-corrected chi connectivity index (χ0v) is 20.8. The molecule has 184 valence electrons. The molecule has 0 radical (unpaired) electrons. The van der Waals surface area contributed by atoms with Gasteiger partial charge in [0, 0.05) is 25.1 Å². The first kappa shape index (κ1) is 25.3. The number of amides is 2. The molecule has 2 atom stereocenters. The van der Waals surface area contributed by atoms with Crippen LogP contribution in [0.4, 0.5) is 5.82 Å². The van der Waals surface area contributed by atoms with E-state index in [2.05, 4.69) is 41.4 Å². The molecule has 1 saturated carbocycles. The predicted octanol–water partition coefficient (Wildman–Crippen LogP) is 4.02. The average molecular weight is 471 g/mol. The molecule has 3 rings (SSSR count). The van der Waals surface area contributed by atoms with Crippen molar-refractivity contribution in [1.29, 1.82) is 0 Å². The van der Waals surface area contributed by atoms with Gasteiger partial charge in [0.05, 0.1) is 5.70 Å². The lowest BCUT2D eigenvalue weighted by molar-refractivity contribution is -0.132. The lowest BCUT2D eigenvalue weighted by Gasteiger charge is -2.38. The number of hydrogen-bond donors (Lipinski definition) is 4. The van der Waals surface area contributed by atoms with E-state index in [1.807, 2.05) is 6.92 Å². The van der Waals surface area contributed by atoms with Gasteiger partial charge in [-0.15, -0.1) is 0 Å². The normalized spacial score (nSPS) is 25.9. The molecule has 2 amide bonds. The number of amidine groups is 1. The van der Waals surface area contributed by atoms with Crippen molar-refractivity contribution in [2.75, 3.05) is 5.32 Å². The molecule has 2 heterocycles. The summed E-state index contributed by atoms with van der Waals surface area (Å²) in [5, 5.41) is 14.9. The van der Waals surface area contributed by atoms with Crippen LogP contribution in [0.25, 0.3) is 6.08 Å². The number of aliphatic imine (C=N–C) groups is 1. The van der Waals surface area contributed by atoms with Crippen LogP contribution < -0.4 is 15.4 Å². The Bertz CT molecular complexity index is 1100. The Hall–Kier alpha value is -3.36. The minimum atomic E-state index is -1.17. The van der Waals surface area contributed by atoms with Gasteiger partial charge in [-0.1, -0.05) is 20.8 Å². The van der Waals surface area contributed by atoms with Gasteiger partial charge in [0.2, 0.25) is 11.8 Å². The third-order valence-corrected chi connectivity index (χ3v) is 6.47.